The number of carbonyl (C=O) groups excluding carboxylic acids is 1. The van der Waals surface area contributed by atoms with Gasteiger partial charge in [0.2, 0.25) is 5.91 Å². The molecule has 1 aliphatic rings. The van der Waals surface area contributed by atoms with Crippen LogP contribution < -0.4 is 4.90 Å². The monoisotopic (exact) mass is 240 g/mol. The van der Waals surface area contributed by atoms with Crippen LogP contribution in [0.1, 0.15) is 19.2 Å². The summed E-state index contributed by atoms with van der Waals surface area (Å²) >= 11 is 4.23. The molecule has 0 spiro atoms. The third-order valence-electron chi connectivity index (χ3n) is 2.86. The molecule has 0 bridgehead atoms. The fourth-order valence-corrected chi connectivity index (χ4v) is 2.17. The van der Waals surface area contributed by atoms with Gasteiger partial charge in [-0.05, 0) is 11.7 Å². The molecule has 2 heterocycles. The van der Waals surface area contributed by atoms with Crippen LogP contribution in [0.4, 0.5) is 5.95 Å². The van der Waals surface area contributed by atoms with E-state index in [1.54, 1.807) is 9.58 Å². The Morgan fingerprint density at radius 2 is 2.31 bits per heavy atom. The fraction of sp³-hybridized carbons (Fsp3) is 0.700. The molecular formula is C10H16N4OS. The molecule has 1 saturated heterocycles. The summed E-state index contributed by atoms with van der Waals surface area (Å²) in [6.45, 7) is 2.71. The van der Waals surface area contributed by atoms with Crippen molar-refractivity contribution in [3.63, 3.8) is 0 Å². The Labute approximate surface area is 100 Å². The maximum absolute atomic E-state index is 11.8. The molecule has 0 saturated carbocycles. The van der Waals surface area contributed by atoms with Crippen LogP contribution in [0.5, 0.6) is 0 Å². The predicted molar refractivity (Wildman–Crippen MR) is 64.7 cm³/mol. The first-order valence-corrected chi connectivity index (χ1v) is 6.10. The van der Waals surface area contributed by atoms with E-state index in [0.717, 1.165) is 18.0 Å². The van der Waals surface area contributed by atoms with Gasteiger partial charge in [0.1, 0.15) is 5.82 Å². The molecule has 1 amide bonds. The van der Waals surface area contributed by atoms with Crippen LogP contribution in [-0.2, 0) is 18.3 Å². The normalized spacial score (nSPS) is 20.8. The van der Waals surface area contributed by atoms with Crippen LogP contribution in [0.25, 0.3) is 0 Å². The van der Waals surface area contributed by atoms with Crippen LogP contribution in [-0.4, -0.2) is 33.0 Å². The highest BCUT2D eigenvalue weighted by Gasteiger charge is 2.32. The number of nitrogens with zero attached hydrogens (tertiary/aromatic N) is 4. The van der Waals surface area contributed by atoms with Crippen LogP contribution in [0.3, 0.4) is 0 Å². The summed E-state index contributed by atoms with van der Waals surface area (Å²) in [5, 5.41) is 4.27. The van der Waals surface area contributed by atoms with Gasteiger partial charge in [-0.2, -0.15) is 17.6 Å². The third-order valence-corrected chi connectivity index (χ3v) is 3.38. The molecule has 6 heteroatoms. The largest absolute Gasteiger partial charge is 0.279 e. The predicted octanol–water partition coefficient (Wildman–Crippen LogP) is 0.660. The highest BCUT2D eigenvalue weighted by molar-refractivity contribution is 7.80. The quantitative estimate of drug-likeness (QED) is 0.790. The van der Waals surface area contributed by atoms with Crippen LogP contribution in [0, 0.1) is 5.92 Å². The number of hydrogen-bond acceptors (Lipinski definition) is 4. The van der Waals surface area contributed by atoms with E-state index in [9.17, 15) is 4.79 Å². The molecule has 16 heavy (non-hydrogen) atoms. The lowest BCUT2D eigenvalue weighted by Gasteiger charge is -2.10. The van der Waals surface area contributed by atoms with Gasteiger partial charge in [0, 0.05) is 26.4 Å². The average molecular weight is 240 g/mol. The molecule has 0 radical (unpaired) electrons. The van der Waals surface area contributed by atoms with Crippen LogP contribution >= 0.6 is 12.6 Å². The summed E-state index contributed by atoms with van der Waals surface area (Å²) in [5.41, 5.74) is 0. The Balaban J connectivity index is 2.21. The number of carbonyl (C=O) groups is 1. The van der Waals surface area contributed by atoms with E-state index in [4.69, 9.17) is 0 Å². The smallest absolute Gasteiger partial charge is 0.251 e. The minimum absolute atomic E-state index is 0.104. The second-order valence-corrected chi connectivity index (χ2v) is 4.43. The Morgan fingerprint density at radius 3 is 2.81 bits per heavy atom. The van der Waals surface area contributed by atoms with E-state index in [1.165, 1.54) is 0 Å². The zero-order chi connectivity index (χ0) is 11.7. The summed E-state index contributed by atoms with van der Waals surface area (Å²) < 4.78 is 1.73. The minimum Gasteiger partial charge on any atom is -0.279 e. The molecule has 0 N–H and O–H groups in total. The number of aryl methyl sites for hydroxylation is 2. The maximum Gasteiger partial charge on any atom is 0.251 e. The molecule has 1 aromatic rings. The molecule has 1 unspecified atom stereocenters. The summed E-state index contributed by atoms with van der Waals surface area (Å²) in [6, 6.07) is 0. The van der Waals surface area contributed by atoms with E-state index in [0.29, 0.717) is 24.8 Å². The number of amides is 1. The number of aromatic nitrogens is 3. The molecule has 1 atom stereocenters. The van der Waals surface area contributed by atoms with Crippen molar-refractivity contribution in [1.29, 1.82) is 0 Å². The van der Waals surface area contributed by atoms with Gasteiger partial charge >= 0.3 is 0 Å². The van der Waals surface area contributed by atoms with Crippen LogP contribution in [0.2, 0.25) is 0 Å². The van der Waals surface area contributed by atoms with Gasteiger partial charge in [-0.3, -0.25) is 14.4 Å². The first kappa shape index (κ1) is 11.4. The highest BCUT2D eigenvalue weighted by Crippen LogP contribution is 2.23. The van der Waals surface area contributed by atoms with Gasteiger partial charge in [-0.25, -0.2) is 0 Å². The number of anilines is 1. The first-order chi connectivity index (χ1) is 7.65. The van der Waals surface area contributed by atoms with Crippen molar-refractivity contribution in [2.75, 3.05) is 17.2 Å². The van der Waals surface area contributed by atoms with E-state index in [1.807, 2.05) is 14.0 Å². The zero-order valence-electron chi connectivity index (χ0n) is 9.55. The third kappa shape index (κ3) is 1.93. The standard InChI is InChI=1S/C10H16N4OS/c1-3-8-11-10(12-13(8)2)14-5-7(6-16)4-9(14)15/h7,16H,3-6H2,1-2H3. The van der Waals surface area contributed by atoms with Gasteiger partial charge in [0.25, 0.3) is 5.95 Å². The lowest BCUT2D eigenvalue weighted by atomic mass is 10.1. The molecule has 1 aromatic heterocycles. The van der Waals surface area contributed by atoms with Gasteiger partial charge < -0.3 is 0 Å². The van der Waals surface area contributed by atoms with Crippen molar-refractivity contribution in [2.45, 2.75) is 19.8 Å². The molecule has 88 valence electrons. The molecular weight excluding hydrogens is 224 g/mol. The van der Waals surface area contributed by atoms with Crippen molar-refractivity contribution >= 4 is 24.5 Å². The van der Waals surface area contributed by atoms with Gasteiger partial charge in [-0.1, -0.05) is 6.92 Å². The summed E-state index contributed by atoms with van der Waals surface area (Å²) in [6.07, 6.45) is 1.38. The van der Waals surface area contributed by atoms with Crippen molar-refractivity contribution in [2.24, 2.45) is 13.0 Å². The molecule has 0 aromatic carbocycles. The molecule has 1 fully saturated rings. The van der Waals surface area contributed by atoms with Crippen LogP contribution in [0.15, 0.2) is 0 Å². The Hall–Kier alpha value is -1.04. The fourth-order valence-electron chi connectivity index (χ4n) is 1.92. The summed E-state index contributed by atoms with van der Waals surface area (Å²) in [5.74, 6) is 2.60. The zero-order valence-corrected chi connectivity index (χ0v) is 10.4. The van der Waals surface area contributed by atoms with Gasteiger partial charge in [0.05, 0.1) is 0 Å². The lowest BCUT2D eigenvalue weighted by Crippen LogP contribution is -2.26. The lowest BCUT2D eigenvalue weighted by molar-refractivity contribution is -0.117. The van der Waals surface area contributed by atoms with E-state index in [-0.39, 0.29) is 5.91 Å². The highest BCUT2D eigenvalue weighted by atomic mass is 32.1. The van der Waals surface area contributed by atoms with Crippen molar-refractivity contribution < 1.29 is 4.79 Å². The SMILES string of the molecule is CCc1nc(N2CC(CS)CC2=O)nn1C. The summed E-state index contributed by atoms with van der Waals surface area (Å²) in [4.78, 5) is 17.8. The second-order valence-electron chi connectivity index (χ2n) is 4.06. The van der Waals surface area contributed by atoms with E-state index < -0.39 is 0 Å². The van der Waals surface area contributed by atoms with Crippen molar-refractivity contribution in [1.82, 2.24) is 14.8 Å². The number of hydrogen-bond donors (Lipinski definition) is 1. The van der Waals surface area contributed by atoms with Crippen molar-refractivity contribution in [3.05, 3.63) is 5.82 Å². The van der Waals surface area contributed by atoms with E-state index in [2.05, 4.69) is 22.7 Å². The molecule has 5 nitrogen and oxygen atoms in total. The maximum atomic E-state index is 11.8. The molecule has 0 aliphatic carbocycles. The Kier molecular flexibility index (Phi) is 3.18. The van der Waals surface area contributed by atoms with Gasteiger partial charge in [-0.15, -0.1) is 5.10 Å². The number of thiol groups is 1. The second kappa shape index (κ2) is 4.45. The van der Waals surface area contributed by atoms with E-state index >= 15 is 0 Å². The first-order valence-electron chi connectivity index (χ1n) is 5.46. The average Bonchev–Trinajstić information content (AvgIpc) is 2.81. The Bertz CT molecular complexity index is 404. The molecule has 2 rings (SSSR count). The molecule has 1 aliphatic heterocycles. The summed E-state index contributed by atoms with van der Waals surface area (Å²) in [7, 11) is 1.85. The van der Waals surface area contributed by atoms with Gasteiger partial charge in [0.15, 0.2) is 0 Å². The topological polar surface area (TPSA) is 51.0 Å². The minimum atomic E-state index is 0.104. The van der Waals surface area contributed by atoms with Crippen molar-refractivity contribution in [3.8, 4) is 0 Å². The number of rotatable bonds is 3. The Morgan fingerprint density at radius 1 is 1.56 bits per heavy atom.